The Morgan fingerprint density at radius 2 is 1.62 bits per heavy atom. The number of hydrogen-bond acceptors (Lipinski definition) is 6. The molecular formula is C41H64N6O6. The van der Waals surface area contributed by atoms with Gasteiger partial charge in [-0.3, -0.25) is 24.0 Å². The summed E-state index contributed by atoms with van der Waals surface area (Å²) in [6, 6.07) is 3.96. The number of benzene rings is 1. The normalized spacial score (nSPS) is 19.2. The van der Waals surface area contributed by atoms with Crippen molar-refractivity contribution >= 4 is 35.4 Å². The molecule has 1 unspecified atom stereocenters. The zero-order valence-electron chi connectivity index (χ0n) is 33.5. The molecule has 1 aromatic rings. The van der Waals surface area contributed by atoms with Crippen LogP contribution in [0.1, 0.15) is 106 Å². The molecule has 0 aliphatic carbocycles. The molecule has 53 heavy (non-hydrogen) atoms. The molecule has 12 nitrogen and oxygen atoms in total. The first-order valence-electron chi connectivity index (χ1n) is 19.2. The summed E-state index contributed by atoms with van der Waals surface area (Å²) in [6.07, 6.45) is 4.70. The van der Waals surface area contributed by atoms with Crippen LogP contribution in [0.4, 0.5) is 4.79 Å². The molecule has 6 amide bonds. The van der Waals surface area contributed by atoms with Crippen LogP contribution in [0.2, 0.25) is 0 Å². The Bertz CT molecular complexity index is 1490. The standard InChI is InChI=1S/C41H64N6O6/c1-11-13-18-30(34(49)37(51)42-20-12-2)43-36(50)33-28(22-26(3)4)19-21-47(33)38(52)35(41(8,9)10)45-39(53)44-31(40(5,6)7)25-46-24-29-17-15-14-16-27(29)23-32(46)48/h12,14-17,26,28,30-31,33,35H,2,11,13,18-25H2,1,3-10H3,(H,42,51)(H,43,50)(H2,44,45,53)/t28-,30?,31-,33+,35-/m1/s1. The van der Waals surface area contributed by atoms with Gasteiger partial charge in [-0.1, -0.05) is 105 Å². The van der Waals surface area contributed by atoms with Crippen molar-refractivity contribution in [3.05, 3.63) is 48.0 Å². The summed E-state index contributed by atoms with van der Waals surface area (Å²) in [5.74, 6) is -2.35. The molecule has 4 N–H and O–H groups in total. The molecule has 0 spiro atoms. The maximum absolute atomic E-state index is 14.6. The van der Waals surface area contributed by atoms with E-state index in [0.29, 0.717) is 45.3 Å². The van der Waals surface area contributed by atoms with Crippen LogP contribution in [0.5, 0.6) is 0 Å². The first kappa shape index (κ1) is 43.2. The van der Waals surface area contributed by atoms with Crippen molar-refractivity contribution in [2.24, 2.45) is 22.7 Å². The highest BCUT2D eigenvalue weighted by molar-refractivity contribution is 6.38. The van der Waals surface area contributed by atoms with E-state index in [1.165, 1.54) is 6.08 Å². The third-order valence-corrected chi connectivity index (χ3v) is 10.3. The van der Waals surface area contributed by atoms with E-state index in [1.807, 2.05) is 72.7 Å². The van der Waals surface area contributed by atoms with Crippen LogP contribution in [0.15, 0.2) is 36.9 Å². The molecule has 3 rings (SSSR count). The predicted molar refractivity (Wildman–Crippen MR) is 206 cm³/mol. The fourth-order valence-electron chi connectivity index (χ4n) is 7.18. The van der Waals surface area contributed by atoms with E-state index in [1.54, 1.807) is 9.80 Å². The molecule has 1 aromatic carbocycles. The number of nitrogens with one attached hydrogen (secondary N) is 4. The number of hydrogen-bond donors (Lipinski definition) is 4. The summed E-state index contributed by atoms with van der Waals surface area (Å²) in [7, 11) is 0. The van der Waals surface area contributed by atoms with Crippen molar-refractivity contribution in [3.8, 4) is 0 Å². The van der Waals surface area contributed by atoms with Crippen molar-refractivity contribution in [1.82, 2.24) is 31.1 Å². The highest BCUT2D eigenvalue weighted by Crippen LogP contribution is 2.33. The van der Waals surface area contributed by atoms with E-state index in [0.717, 1.165) is 17.5 Å². The second kappa shape index (κ2) is 18.7. The Morgan fingerprint density at radius 1 is 0.962 bits per heavy atom. The van der Waals surface area contributed by atoms with E-state index in [2.05, 4.69) is 41.7 Å². The Labute approximate surface area is 316 Å². The Hall–Kier alpha value is -4.22. The minimum absolute atomic E-state index is 0.00627. The van der Waals surface area contributed by atoms with Crippen LogP contribution in [-0.2, 0) is 36.9 Å². The van der Waals surface area contributed by atoms with Gasteiger partial charge in [0, 0.05) is 26.2 Å². The molecule has 2 heterocycles. The number of nitrogens with zero attached hydrogens (tertiary/aromatic N) is 2. The topological polar surface area (TPSA) is 157 Å². The van der Waals surface area contributed by atoms with Gasteiger partial charge < -0.3 is 31.1 Å². The van der Waals surface area contributed by atoms with Gasteiger partial charge in [-0.2, -0.15) is 0 Å². The van der Waals surface area contributed by atoms with E-state index in [9.17, 15) is 28.8 Å². The zero-order chi connectivity index (χ0) is 39.7. The number of carbonyl (C=O) groups is 6. The first-order chi connectivity index (χ1) is 24.8. The van der Waals surface area contributed by atoms with Crippen LogP contribution in [0.3, 0.4) is 0 Å². The summed E-state index contributed by atoms with van der Waals surface area (Å²) in [5, 5.41) is 11.4. The molecule has 0 aromatic heterocycles. The number of ketones is 1. The molecule has 0 bridgehead atoms. The second-order valence-corrected chi connectivity index (χ2v) is 17.3. The monoisotopic (exact) mass is 736 g/mol. The maximum Gasteiger partial charge on any atom is 0.315 e. The first-order valence-corrected chi connectivity index (χ1v) is 19.2. The number of likely N-dealkylation sites (tertiary alicyclic amines) is 1. The predicted octanol–water partition coefficient (Wildman–Crippen LogP) is 4.51. The summed E-state index contributed by atoms with van der Waals surface area (Å²) in [5.41, 5.74) is 0.935. The number of fused-ring (bicyclic) bond motifs is 1. The summed E-state index contributed by atoms with van der Waals surface area (Å²) in [6.45, 7) is 22.4. The van der Waals surface area contributed by atoms with Crippen molar-refractivity contribution in [2.75, 3.05) is 19.6 Å². The van der Waals surface area contributed by atoms with Gasteiger partial charge in [-0.25, -0.2) is 4.79 Å². The number of amides is 6. The fraction of sp³-hybridized carbons (Fsp3) is 0.659. The SMILES string of the molecule is C=CCNC(=O)C(=O)C(CCCC)NC(=O)[C@@H]1[C@@H](CC(C)C)CCN1C(=O)[C@@H](NC(=O)N[C@H](CN1Cc2ccccc2CC1=O)C(C)(C)C)C(C)(C)C. The van der Waals surface area contributed by atoms with Gasteiger partial charge in [0.25, 0.3) is 5.91 Å². The molecule has 0 radical (unpaired) electrons. The summed E-state index contributed by atoms with van der Waals surface area (Å²) < 4.78 is 0. The van der Waals surface area contributed by atoms with Gasteiger partial charge in [-0.15, -0.1) is 6.58 Å². The van der Waals surface area contributed by atoms with Crippen molar-refractivity contribution < 1.29 is 28.8 Å². The molecule has 1 fully saturated rings. The van der Waals surface area contributed by atoms with Crippen LogP contribution in [0.25, 0.3) is 0 Å². The van der Waals surface area contributed by atoms with E-state index >= 15 is 0 Å². The number of urea groups is 1. The van der Waals surface area contributed by atoms with Crippen molar-refractivity contribution in [1.29, 1.82) is 0 Å². The largest absolute Gasteiger partial charge is 0.346 e. The lowest BCUT2D eigenvalue weighted by atomic mass is 9.84. The average Bonchev–Trinajstić information content (AvgIpc) is 3.49. The quantitative estimate of drug-likeness (QED) is 0.145. The fourth-order valence-corrected chi connectivity index (χ4v) is 7.18. The van der Waals surface area contributed by atoms with Crippen molar-refractivity contribution in [2.45, 2.75) is 132 Å². The van der Waals surface area contributed by atoms with Gasteiger partial charge in [0.2, 0.25) is 23.5 Å². The van der Waals surface area contributed by atoms with Crippen LogP contribution in [-0.4, -0.2) is 89.0 Å². The number of carbonyl (C=O) groups excluding carboxylic acids is 6. The van der Waals surface area contributed by atoms with E-state index in [-0.39, 0.29) is 30.7 Å². The van der Waals surface area contributed by atoms with E-state index < -0.39 is 64.5 Å². The Morgan fingerprint density at radius 3 is 2.21 bits per heavy atom. The minimum Gasteiger partial charge on any atom is -0.346 e. The van der Waals surface area contributed by atoms with Crippen LogP contribution >= 0.6 is 0 Å². The third kappa shape index (κ3) is 11.9. The molecule has 2 aliphatic rings. The average molecular weight is 737 g/mol. The lowest BCUT2D eigenvalue weighted by Gasteiger charge is -2.39. The molecular weight excluding hydrogens is 672 g/mol. The Balaban J connectivity index is 1.84. The highest BCUT2D eigenvalue weighted by Gasteiger charge is 2.47. The van der Waals surface area contributed by atoms with Gasteiger partial charge in [-0.05, 0) is 53.1 Å². The lowest BCUT2D eigenvalue weighted by molar-refractivity contribution is -0.144. The third-order valence-electron chi connectivity index (χ3n) is 10.3. The van der Waals surface area contributed by atoms with Crippen LogP contribution < -0.4 is 21.3 Å². The molecule has 5 atom stereocenters. The lowest BCUT2D eigenvalue weighted by Crippen LogP contribution is -2.62. The molecule has 294 valence electrons. The molecule has 0 saturated carbocycles. The number of unbranched alkanes of at least 4 members (excludes halogenated alkanes) is 1. The van der Waals surface area contributed by atoms with Gasteiger partial charge in [0.05, 0.1) is 18.5 Å². The van der Waals surface area contributed by atoms with Crippen LogP contribution in [0, 0.1) is 22.7 Å². The number of rotatable bonds is 16. The highest BCUT2D eigenvalue weighted by atomic mass is 16.2. The molecule has 12 heteroatoms. The smallest absolute Gasteiger partial charge is 0.315 e. The van der Waals surface area contributed by atoms with Crippen molar-refractivity contribution in [3.63, 3.8) is 0 Å². The van der Waals surface area contributed by atoms with Gasteiger partial charge >= 0.3 is 6.03 Å². The summed E-state index contributed by atoms with van der Waals surface area (Å²) in [4.78, 5) is 84.8. The maximum atomic E-state index is 14.6. The summed E-state index contributed by atoms with van der Waals surface area (Å²) >= 11 is 0. The van der Waals surface area contributed by atoms with E-state index in [4.69, 9.17) is 0 Å². The molecule has 1 saturated heterocycles. The molecule has 2 aliphatic heterocycles. The number of Topliss-reactive ketones (excluding diaryl/α,β-unsaturated/α-hetero) is 1. The Kier molecular flexibility index (Phi) is 15.2. The van der Waals surface area contributed by atoms with Gasteiger partial charge in [0.15, 0.2) is 0 Å². The minimum atomic E-state index is -1.04. The van der Waals surface area contributed by atoms with Gasteiger partial charge in [0.1, 0.15) is 12.1 Å². The second-order valence-electron chi connectivity index (χ2n) is 17.3. The zero-order valence-corrected chi connectivity index (χ0v) is 33.5.